The molecule has 17 heavy (non-hydrogen) atoms. The standard InChI is InChI=1S/C15H21NO/c1-3-11-9-14(11)16-10(2)12-4-5-15-13(8-12)6-7-17-15/h4-5,8,10-11,14,16H,3,6-7,9H2,1-2H3. The summed E-state index contributed by atoms with van der Waals surface area (Å²) in [6.45, 7) is 5.40. The van der Waals surface area contributed by atoms with E-state index in [0.29, 0.717) is 6.04 Å². The second-order valence-electron chi connectivity index (χ2n) is 5.36. The minimum atomic E-state index is 0.461. The third-order valence-corrected chi connectivity index (χ3v) is 4.12. The Kier molecular flexibility index (Phi) is 2.83. The fraction of sp³-hybridized carbons (Fsp3) is 0.600. The van der Waals surface area contributed by atoms with E-state index in [1.54, 1.807) is 0 Å². The van der Waals surface area contributed by atoms with Crippen LogP contribution >= 0.6 is 0 Å². The molecule has 1 heterocycles. The average Bonchev–Trinajstić information content (AvgIpc) is 2.92. The second-order valence-corrected chi connectivity index (χ2v) is 5.36. The molecule has 0 radical (unpaired) electrons. The first kappa shape index (κ1) is 11.1. The first-order chi connectivity index (χ1) is 8.28. The molecule has 2 aliphatic rings. The maximum Gasteiger partial charge on any atom is 0.122 e. The van der Waals surface area contributed by atoms with Gasteiger partial charge >= 0.3 is 0 Å². The Balaban J connectivity index is 1.67. The van der Waals surface area contributed by atoms with Crippen LogP contribution in [0.15, 0.2) is 18.2 Å². The van der Waals surface area contributed by atoms with Crippen LogP contribution in [0.1, 0.15) is 43.9 Å². The number of ether oxygens (including phenoxy) is 1. The lowest BCUT2D eigenvalue weighted by Gasteiger charge is -2.15. The van der Waals surface area contributed by atoms with Gasteiger partial charge in [-0.15, -0.1) is 0 Å². The summed E-state index contributed by atoms with van der Waals surface area (Å²) in [5, 5.41) is 3.72. The lowest BCUT2D eigenvalue weighted by atomic mass is 10.0. The summed E-state index contributed by atoms with van der Waals surface area (Å²) in [6.07, 6.45) is 3.73. The van der Waals surface area contributed by atoms with Gasteiger partial charge in [-0.3, -0.25) is 0 Å². The lowest BCUT2D eigenvalue weighted by Crippen LogP contribution is -2.22. The SMILES string of the molecule is CCC1CC1NC(C)c1ccc2c(c1)CCO2. The molecular formula is C15H21NO. The van der Waals surface area contributed by atoms with E-state index >= 15 is 0 Å². The zero-order valence-corrected chi connectivity index (χ0v) is 10.7. The van der Waals surface area contributed by atoms with Crippen molar-refractivity contribution in [3.63, 3.8) is 0 Å². The maximum atomic E-state index is 5.54. The summed E-state index contributed by atoms with van der Waals surface area (Å²) in [5.41, 5.74) is 2.77. The molecule has 1 N–H and O–H groups in total. The Morgan fingerprint density at radius 3 is 3.12 bits per heavy atom. The van der Waals surface area contributed by atoms with Gasteiger partial charge in [-0.2, -0.15) is 0 Å². The van der Waals surface area contributed by atoms with E-state index in [-0.39, 0.29) is 0 Å². The van der Waals surface area contributed by atoms with Gasteiger partial charge < -0.3 is 10.1 Å². The quantitative estimate of drug-likeness (QED) is 0.860. The van der Waals surface area contributed by atoms with Crippen LogP contribution in [0.4, 0.5) is 0 Å². The molecule has 0 amide bonds. The van der Waals surface area contributed by atoms with E-state index in [1.807, 2.05) is 0 Å². The summed E-state index contributed by atoms with van der Waals surface area (Å²) in [4.78, 5) is 0. The van der Waals surface area contributed by atoms with Crippen molar-refractivity contribution < 1.29 is 4.74 Å². The monoisotopic (exact) mass is 231 g/mol. The molecule has 92 valence electrons. The second kappa shape index (κ2) is 4.34. The number of rotatable bonds is 4. The van der Waals surface area contributed by atoms with Crippen LogP contribution in [-0.2, 0) is 6.42 Å². The molecule has 0 spiro atoms. The van der Waals surface area contributed by atoms with Gasteiger partial charge in [0.05, 0.1) is 6.61 Å². The third kappa shape index (κ3) is 2.19. The van der Waals surface area contributed by atoms with Crippen LogP contribution in [0.3, 0.4) is 0 Å². The van der Waals surface area contributed by atoms with Crippen LogP contribution < -0.4 is 10.1 Å². The number of fused-ring (bicyclic) bond motifs is 1. The van der Waals surface area contributed by atoms with Crippen molar-refractivity contribution in [1.29, 1.82) is 0 Å². The zero-order valence-electron chi connectivity index (χ0n) is 10.7. The number of hydrogen-bond donors (Lipinski definition) is 1. The van der Waals surface area contributed by atoms with Gasteiger partial charge in [-0.05, 0) is 36.5 Å². The number of hydrogen-bond acceptors (Lipinski definition) is 2. The Morgan fingerprint density at radius 1 is 1.47 bits per heavy atom. The molecule has 1 fully saturated rings. The number of benzene rings is 1. The van der Waals surface area contributed by atoms with Gasteiger partial charge in [0.1, 0.15) is 5.75 Å². The summed E-state index contributed by atoms with van der Waals surface area (Å²) in [6, 6.07) is 7.84. The largest absolute Gasteiger partial charge is 0.493 e. The molecule has 1 aromatic carbocycles. The van der Waals surface area contributed by atoms with Crippen molar-refractivity contribution in [3.8, 4) is 5.75 Å². The van der Waals surface area contributed by atoms with Gasteiger partial charge in [0.25, 0.3) is 0 Å². The molecule has 3 atom stereocenters. The van der Waals surface area contributed by atoms with Crippen molar-refractivity contribution in [1.82, 2.24) is 5.32 Å². The highest BCUT2D eigenvalue weighted by molar-refractivity contribution is 5.40. The Hall–Kier alpha value is -1.02. The summed E-state index contributed by atoms with van der Waals surface area (Å²) >= 11 is 0. The van der Waals surface area contributed by atoms with E-state index < -0.39 is 0 Å². The molecule has 1 saturated carbocycles. The minimum Gasteiger partial charge on any atom is -0.493 e. The molecule has 3 rings (SSSR count). The molecule has 1 aliphatic carbocycles. The molecular weight excluding hydrogens is 210 g/mol. The van der Waals surface area contributed by atoms with E-state index in [2.05, 4.69) is 37.4 Å². The summed E-state index contributed by atoms with van der Waals surface area (Å²) in [7, 11) is 0. The van der Waals surface area contributed by atoms with E-state index in [1.165, 1.54) is 24.0 Å². The zero-order chi connectivity index (χ0) is 11.8. The smallest absolute Gasteiger partial charge is 0.122 e. The van der Waals surface area contributed by atoms with Gasteiger partial charge in [-0.25, -0.2) is 0 Å². The van der Waals surface area contributed by atoms with E-state index in [9.17, 15) is 0 Å². The molecule has 1 aliphatic heterocycles. The van der Waals surface area contributed by atoms with Gasteiger partial charge in [0.2, 0.25) is 0 Å². The summed E-state index contributed by atoms with van der Waals surface area (Å²) in [5.74, 6) is 1.99. The molecule has 2 nitrogen and oxygen atoms in total. The fourth-order valence-electron chi connectivity index (χ4n) is 2.80. The van der Waals surface area contributed by atoms with Crippen LogP contribution in [0.5, 0.6) is 5.75 Å². The van der Waals surface area contributed by atoms with Gasteiger partial charge in [0.15, 0.2) is 0 Å². The predicted octanol–water partition coefficient (Wildman–Crippen LogP) is 3.07. The van der Waals surface area contributed by atoms with Crippen LogP contribution in [-0.4, -0.2) is 12.6 Å². The normalized spacial score (nSPS) is 27.4. The fourth-order valence-corrected chi connectivity index (χ4v) is 2.80. The Bertz CT molecular complexity index is 415. The first-order valence-electron chi connectivity index (χ1n) is 6.79. The van der Waals surface area contributed by atoms with Crippen molar-refractivity contribution in [2.45, 2.75) is 45.2 Å². The van der Waals surface area contributed by atoms with Gasteiger partial charge in [-0.1, -0.05) is 25.5 Å². The predicted molar refractivity (Wildman–Crippen MR) is 69.4 cm³/mol. The van der Waals surface area contributed by atoms with Crippen molar-refractivity contribution in [3.05, 3.63) is 29.3 Å². The van der Waals surface area contributed by atoms with Crippen LogP contribution in [0, 0.1) is 5.92 Å². The van der Waals surface area contributed by atoms with E-state index in [0.717, 1.165) is 30.7 Å². The van der Waals surface area contributed by atoms with Crippen molar-refractivity contribution >= 4 is 0 Å². The summed E-state index contributed by atoms with van der Waals surface area (Å²) < 4.78 is 5.54. The maximum absolute atomic E-state index is 5.54. The third-order valence-electron chi connectivity index (χ3n) is 4.12. The highest BCUT2D eigenvalue weighted by atomic mass is 16.5. The molecule has 1 aromatic rings. The van der Waals surface area contributed by atoms with Crippen LogP contribution in [0.2, 0.25) is 0 Å². The number of nitrogens with one attached hydrogen (secondary N) is 1. The van der Waals surface area contributed by atoms with E-state index in [4.69, 9.17) is 4.74 Å². The van der Waals surface area contributed by atoms with Crippen molar-refractivity contribution in [2.24, 2.45) is 5.92 Å². The first-order valence-corrected chi connectivity index (χ1v) is 6.79. The molecule has 0 aromatic heterocycles. The van der Waals surface area contributed by atoms with Gasteiger partial charge in [0, 0.05) is 18.5 Å². The minimum absolute atomic E-state index is 0.461. The lowest BCUT2D eigenvalue weighted by molar-refractivity contribution is 0.356. The molecule has 0 bridgehead atoms. The Morgan fingerprint density at radius 2 is 2.35 bits per heavy atom. The Labute approximate surface area is 103 Å². The van der Waals surface area contributed by atoms with Crippen LogP contribution in [0.25, 0.3) is 0 Å². The highest BCUT2D eigenvalue weighted by Crippen LogP contribution is 2.36. The molecule has 3 unspecified atom stereocenters. The highest BCUT2D eigenvalue weighted by Gasteiger charge is 2.35. The average molecular weight is 231 g/mol. The van der Waals surface area contributed by atoms with Crippen molar-refractivity contribution in [2.75, 3.05) is 6.61 Å². The topological polar surface area (TPSA) is 21.3 Å². The molecule has 2 heteroatoms. The molecule has 0 saturated heterocycles.